The van der Waals surface area contributed by atoms with E-state index < -0.39 is 19.2 Å². The first kappa shape index (κ1) is 16.5. The minimum Gasteiger partial charge on any atom is -0.426 e. The van der Waals surface area contributed by atoms with Crippen LogP contribution in [0, 0.1) is 5.92 Å². The largest absolute Gasteiger partial charge is 0.475 e. The van der Waals surface area contributed by atoms with Crippen molar-refractivity contribution in [1.82, 2.24) is 5.32 Å². The molecule has 0 saturated carbocycles. The van der Waals surface area contributed by atoms with E-state index in [1.54, 1.807) is 0 Å². The number of hydrogen-bond acceptors (Lipinski definition) is 5. The first-order chi connectivity index (χ1) is 10.5. The molecule has 0 aromatic heterocycles. The van der Waals surface area contributed by atoms with Gasteiger partial charge in [-0.25, -0.2) is 0 Å². The van der Waals surface area contributed by atoms with Gasteiger partial charge in [0, 0.05) is 6.42 Å². The van der Waals surface area contributed by atoms with Crippen LogP contribution in [0.25, 0.3) is 0 Å². The summed E-state index contributed by atoms with van der Waals surface area (Å²) in [6.07, 6.45) is 0.109. The molecule has 1 aliphatic rings. The molecule has 2 unspecified atom stereocenters. The van der Waals surface area contributed by atoms with Crippen LogP contribution in [-0.4, -0.2) is 40.8 Å². The predicted molar refractivity (Wildman–Crippen MR) is 84.0 cm³/mol. The number of carbonyl (C=O) groups is 1. The van der Waals surface area contributed by atoms with Gasteiger partial charge in [0.1, 0.15) is 0 Å². The normalized spacial score (nSPS) is 18.6. The lowest BCUT2D eigenvalue weighted by Gasteiger charge is -2.20. The fourth-order valence-corrected chi connectivity index (χ4v) is 2.36. The molecular formula is C15H21BN2O4. The Morgan fingerprint density at radius 2 is 2.09 bits per heavy atom. The molecule has 0 spiro atoms. The molecule has 0 bridgehead atoms. The monoisotopic (exact) mass is 304 g/mol. The standard InChI is InChI=1S/C15H21BN2O4/c1-10(2)8-14(16(20)21)17-15(19)13-9-12(18-22-13)11-6-4-3-5-7-11/h3-7,10,13-14,20-21H,8-9H2,1-2H3,(H,17,19). The van der Waals surface area contributed by atoms with Crippen LogP contribution >= 0.6 is 0 Å². The van der Waals surface area contributed by atoms with E-state index in [2.05, 4.69) is 10.5 Å². The van der Waals surface area contributed by atoms with Gasteiger partial charge in [0.15, 0.2) is 0 Å². The van der Waals surface area contributed by atoms with Crippen molar-refractivity contribution in [3.8, 4) is 0 Å². The van der Waals surface area contributed by atoms with Crippen LogP contribution in [0.3, 0.4) is 0 Å². The maximum atomic E-state index is 12.2. The fourth-order valence-electron chi connectivity index (χ4n) is 2.36. The van der Waals surface area contributed by atoms with Gasteiger partial charge in [0.05, 0.1) is 11.7 Å². The second kappa shape index (κ2) is 7.42. The maximum absolute atomic E-state index is 12.2. The second-order valence-electron chi connectivity index (χ2n) is 5.86. The third-order valence-electron chi connectivity index (χ3n) is 3.48. The summed E-state index contributed by atoms with van der Waals surface area (Å²) in [6.45, 7) is 3.90. The van der Waals surface area contributed by atoms with Crippen molar-refractivity contribution in [3.63, 3.8) is 0 Å². The summed E-state index contributed by atoms with van der Waals surface area (Å²) < 4.78 is 0. The zero-order chi connectivity index (χ0) is 16.1. The number of oxime groups is 1. The highest BCUT2D eigenvalue weighted by Crippen LogP contribution is 2.17. The van der Waals surface area contributed by atoms with Crippen molar-refractivity contribution < 1.29 is 19.7 Å². The average molecular weight is 304 g/mol. The highest BCUT2D eigenvalue weighted by atomic mass is 16.6. The van der Waals surface area contributed by atoms with E-state index in [4.69, 9.17) is 4.84 Å². The molecule has 1 amide bonds. The van der Waals surface area contributed by atoms with Crippen molar-refractivity contribution in [2.75, 3.05) is 0 Å². The average Bonchev–Trinajstić information content (AvgIpc) is 2.96. The predicted octanol–water partition coefficient (Wildman–Crippen LogP) is 0.722. The Labute approximate surface area is 130 Å². The second-order valence-corrected chi connectivity index (χ2v) is 5.86. The lowest BCUT2D eigenvalue weighted by Crippen LogP contribution is -2.50. The molecule has 6 nitrogen and oxygen atoms in total. The Morgan fingerprint density at radius 1 is 1.41 bits per heavy atom. The maximum Gasteiger partial charge on any atom is 0.475 e. The van der Waals surface area contributed by atoms with E-state index in [0.29, 0.717) is 18.6 Å². The summed E-state index contributed by atoms with van der Waals surface area (Å²) in [5.74, 6) is -0.863. The van der Waals surface area contributed by atoms with Crippen molar-refractivity contribution in [3.05, 3.63) is 35.9 Å². The lowest BCUT2D eigenvalue weighted by atomic mass is 9.75. The number of rotatable bonds is 6. The van der Waals surface area contributed by atoms with E-state index in [1.165, 1.54) is 0 Å². The van der Waals surface area contributed by atoms with Gasteiger partial charge >= 0.3 is 7.12 Å². The van der Waals surface area contributed by atoms with E-state index in [9.17, 15) is 14.8 Å². The van der Waals surface area contributed by atoms with Crippen molar-refractivity contribution >= 4 is 18.7 Å². The molecule has 0 saturated heterocycles. The minimum atomic E-state index is -1.60. The Morgan fingerprint density at radius 3 is 2.68 bits per heavy atom. The Bertz CT molecular complexity index is 534. The molecule has 1 aromatic rings. The Kier molecular flexibility index (Phi) is 5.57. The van der Waals surface area contributed by atoms with Crippen LogP contribution < -0.4 is 5.32 Å². The molecule has 0 radical (unpaired) electrons. The molecule has 2 atom stereocenters. The Hall–Kier alpha value is -1.86. The number of carbonyl (C=O) groups excluding carboxylic acids is 1. The van der Waals surface area contributed by atoms with Crippen LogP contribution in [-0.2, 0) is 9.63 Å². The van der Waals surface area contributed by atoms with Crippen LogP contribution in [0.15, 0.2) is 35.5 Å². The molecule has 7 heteroatoms. The number of nitrogens with one attached hydrogen (secondary N) is 1. The van der Waals surface area contributed by atoms with Crippen LogP contribution in [0.4, 0.5) is 0 Å². The van der Waals surface area contributed by atoms with Crippen molar-refractivity contribution in [2.45, 2.75) is 38.7 Å². The van der Waals surface area contributed by atoms with Gasteiger partial charge in [-0.2, -0.15) is 0 Å². The van der Waals surface area contributed by atoms with Gasteiger partial charge in [0.2, 0.25) is 6.10 Å². The molecule has 2 rings (SSSR count). The third kappa shape index (κ3) is 4.32. The quantitative estimate of drug-likeness (QED) is 0.675. The summed E-state index contributed by atoms with van der Waals surface area (Å²) in [6, 6.07) is 9.50. The number of amides is 1. The topological polar surface area (TPSA) is 91.2 Å². The van der Waals surface area contributed by atoms with E-state index in [1.807, 2.05) is 44.2 Å². The van der Waals surface area contributed by atoms with Gasteiger partial charge < -0.3 is 20.2 Å². The molecule has 3 N–H and O–H groups in total. The number of hydrogen-bond donors (Lipinski definition) is 3. The molecule has 118 valence electrons. The van der Waals surface area contributed by atoms with E-state index in [-0.39, 0.29) is 11.8 Å². The van der Waals surface area contributed by atoms with Gasteiger partial charge in [-0.1, -0.05) is 49.3 Å². The molecule has 0 aliphatic carbocycles. The molecular weight excluding hydrogens is 283 g/mol. The van der Waals surface area contributed by atoms with Gasteiger partial charge in [-0.05, 0) is 17.9 Å². The highest BCUT2D eigenvalue weighted by Gasteiger charge is 2.33. The lowest BCUT2D eigenvalue weighted by molar-refractivity contribution is -0.131. The van der Waals surface area contributed by atoms with Gasteiger partial charge in [-0.15, -0.1) is 0 Å². The van der Waals surface area contributed by atoms with Gasteiger partial charge in [-0.3, -0.25) is 4.79 Å². The zero-order valence-electron chi connectivity index (χ0n) is 12.8. The van der Waals surface area contributed by atoms with Crippen molar-refractivity contribution in [2.24, 2.45) is 11.1 Å². The SMILES string of the molecule is CC(C)CC(NC(=O)C1CC(c2ccccc2)=NO1)B(O)O. The molecule has 1 heterocycles. The van der Waals surface area contributed by atoms with Crippen LogP contribution in [0.5, 0.6) is 0 Å². The first-order valence-corrected chi connectivity index (χ1v) is 7.42. The highest BCUT2D eigenvalue weighted by molar-refractivity contribution is 6.43. The summed E-state index contributed by atoms with van der Waals surface area (Å²) in [4.78, 5) is 17.4. The first-order valence-electron chi connectivity index (χ1n) is 7.42. The third-order valence-corrected chi connectivity index (χ3v) is 3.48. The smallest absolute Gasteiger partial charge is 0.426 e. The molecule has 22 heavy (non-hydrogen) atoms. The minimum absolute atomic E-state index is 0.229. The zero-order valence-corrected chi connectivity index (χ0v) is 12.8. The fraction of sp³-hybridized carbons (Fsp3) is 0.467. The van der Waals surface area contributed by atoms with Crippen LogP contribution in [0.2, 0.25) is 0 Å². The van der Waals surface area contributed by atoms with E-state index >= 15 is 0 Å². The summed E-state index contributed by atoms with van der Waals surface area (Å²) in [7, 11) is -1.60. The van der Waals surface area contributed by atoms with Crippen molar-refractivity contribution in [1.29, 1.82) is 0 Å². The van der Waals surface area contributed by atoms with E-state index in [0.717, 1.165) is 5.56 Å². The summed E-state index contributed by atoms with van der Waals surface area (Å²) in [5, 5.41) is 25.3. The summed E-state index contributed by atoms with van der Waals surface area (Å²) >= 11 is 0. The summed E-state index contributed by atoms with van der Waals surface area (Å²) in [5.41, 5.74) is 1.63. The molecule has 1 aliphatic heterocycles. The number of benzene rings is 1. The molecule has 1 aromatic carbocycles. The number of nitrogens with zero attached hydrogens (tertiary/aromatic N) is 1. The van der Waals surface area contributed by atoms with Crippen LogP contribution in [0.1, 0.15) is 32.3 Å². The van der Waals surface area contributed by atoms with Gasteiger partial charge in [0.25, 0.3) is 5.91 Å². The Balaban J connectivity index is 1.92. The molecule has 0 fully saturated rings.